The Morgan fingerprint density at radius 1 is 1.73 bits per heavy atom. The lowest BCUT2D eigenvalue weighted by Crippen LogP contribution is -2.42. The molecule has 1 aromatic rings. The van der Waals surface area contributed by atoms with Gasteiger partial charge in [-0.05, 0) is 18.4 Å². The molecular formula is C10H14N2OS2. The first-order valence-corrected chi connectivity index (χ1v) is 6.95. The molecule has 2 rings (SSSR count). The minimum Gasteiger partial charge on any atom is -0.347 e. The average Bonchev–Trinajstić information content (AvgIpc) is 2.91. The van der Waals surface area contributed by atoms with Gasteiger partial charge in [0.25, 0.3) is 0 Å². The van der Waals surface area contributed by atoms with Crippen molar-refractivity contribution in [1.82, 2.24) is 10.6 Å². The molecule has 1 unspecified atom stereocenters. The highest BCUT2D eigenvalue weighted by atomic mass is 32.2. The number of thioether (sulfide) groups is 1. The van der Waals surface area contributed by atoms with Gasteiger partial charge >= 0.3 is 0 Å². The number of hydrogen-bond acceptors (Lipinski definition) is 4. The number of carbonyl (C=O) groups excluding carboxylic acids is 1. The van der Waals surface area contributed by atoms with Crippen LogP contribution in [0.2, 0.25) is 0 Å². The Labute approximate surface area is 97.6 Å². The smallest absolute Gasteiger partial charge is 0.238 e. The van der Waals surface area contributed by atoms with Crippen LogP contribution in [0.3, 0.4) is 0 Å². The first-order chi connectivity index (χ1) is 7.27. The number of nitrogens with one attached hydrogen (secondary N) is 2. The van der Waals surface area contributed by atoms with Crippen molar-refractivity contribution in [1.29, 1.82) is 0 Å². The van der Waals surface area contributed by atoms with Crippen LogP contribution in [0.4, 0.5) is 0 Å². The van der Waals surface area contributed by atoms with Crippen LogP contribution in [0, 0.1) is 0 Å². The van der Waals surface area contributed by atoms with E-state index in [1.54, 1.807) is 23.1 Å². The molecule has 0 spiro atoms. The van der Waals surface area contributed by atoms with Crippen LogP contribution in [-0.2, 0) is 4.79 Å². The molecule has 82 valence electrons. The minimum absolute atomic E-state index is 0.0163. The fourth-order valence-corrected chi connectivity index (χ4v) is 3.16. The quantitative estimate of drug-likeness (QED) is 0.845. The van der Waals surface area contributed by atoms with Crippen molar-refractivity contribution in [3.63, 3.8) is 0 Å². The lowest BCUT2D eigenvalue weighted by molar-refractivity contribution is -0.123. The molecule has 2 atom stereocenters. The molecule has 2 heterocycles. The highest BCUT2D eigenvalue weighted by molar-refractivity contribution is 7.99. The maximum Gasteiger partial charge on any atom is 0.238 e. The Morgan fingerprint density at radius 3 is 3.20 bits per heavy atom. The zero-order valence-corrected chi connectivity index (χ0v) is 10.2. The zero-order chi connectivity index (χ0) is 10.7. The van der Waals surface area contributed by atoms with E-state index >= 15 is 0 Å². The van der Waals surface area contributed by atoms with Crippen LogP contribution in [0.15, 0.2) is 17.5 Å². The number of hydrogen-bond donors (Lipinski definition) is 2. The summed E-state index contributed by atoms with van der Waals surface area (Å²) in [5.74, 6) is 1.87. The molecule has 15 heavy (non-hydrogen) atoms. The van der Waals surface area contributed by atoms with Crippen LogP contribution in [0.1, 0.15) is 17.8 Å². The van der Waals surface area contributed by atoms with Gasteiger partial charge in [-0.1, -0.05) is 6.07 Å². The molecule has 1 saturated heterocycles. The third-order valence-corrected chi connectivity index (χ3v) is 4.36. The Kier molecular flexibility index (Phi) is 3.66. The maximum absolute atomic E-state index is 11.8. The summed E-state index contributed by atoms with van der Waals surface area (Å²) in [6.45, 7) is 2.02. The molecule has 0 bridgehead atoms. The Hall–Kier alpha value is -0.520. The fourth-order valence-electron chi connectivity index (χ4n) is 1.49. The van der Waals surface area contributed by atoms with Gasteiger partial charge in [-0.25, -0.2) is 0 Å². The summed E-state index contributed by atoms with van der Waals surface area (Å²) in [7, 11) is 0. The van der Waals surface area contributed by atoms with Gasteiger partial charge in [0.1, 0.15) is 0 Å². The molecule has 0 aliphatic carbocycles. The van der Waals surface area contributed by atoms with Crippen molar-refractivity contribution in [2.75, 3.05) is 11.6 Å². The van der Waals surface area contributed by atoms with Crippen LogP contribution < -0.4 is 10.6 Å². The first-order valence-electron chi connectivity index (χ1n) is 4.92. The van der Waals surface area contributed by atoms with Gasteiger partial charge in [-0.2, -0.15) is 0 Å². The van der Waals surface area contributed by atoms with E-state index in [0.29, 0.717) is 0 Å². The summed E-state index contributed by atoms with van der Waals surface area (Å²) in [6, 6.07) is 4.15. The molecule has 1 aliphatic heterocycles. The Balaban J connectivity index is 1.88. The van der Waals surface area contributed by atoms with Gasteiger partial charge in [0.05, 0.1) is 12.1 Å². The summed E-state index contributed by atoms with van der Waals surface area (Å²) in [4.78, 5) is 13.0. The van der Waals surface area contributed by atoms with Crippen molar-refractivity contribution in [3.05, 3.63) is 22.4 Å². The molecule has 3 nitrogen and oxygen atoms in total. The van der Waals surface area contributed by atoms with Gasteiger partial charge in [0.15, 0.2) is 0 Å². The average molecular weight is 242 g/mol. The summed E-state index contributed by atoms with van der Waals surface area (Å²) in [5.41, 5.74) is 0. The molecule has 2 N–H and O–H groups in total. The third-order valence-electron chi connectivity index (χ3n) is 2.36. The van der Waals surface area contributed by atoms with E-state index in [-0.39, 0.29) is 18.0 Å². The molecular weight excluding hydrogens is 228 g/mol. The van der Waals surface area contributed by atoms with E-state index in [4.69, 9.17) is 0 Å². The van der Waals surface area contributed by atoms with E-state index in [1.807, 2.05) is 24.4 Å². The predicted molar refractivity (Wildman–Crippen MR) is 65.1 cm³/mol. The first kappa shape index (κ1) is 11.0. The number of thiophene rings is 1. The standard InChI is InChI=1S/C10H14N2OS2/c1-7(9-3-2-4-15-9)12-10(13)8-5-14-6-11-8/h2-4,7-8,11H,5-6H2,1H3,(H,12,13)/t7-,8?/m0/s1. The zero-order valence-electron chi connectivity index (χ0n) is 8.53. The highest BCUT2D eigenvalue weighted by Crippen LogP contribution is 2.18. The van der Waals surface area contributed by atoms with Gasteiger partial charge in [-0.15, -0.1) is 23.1 Å². The van der Waals surface area contributed by atoms with Crippen molar-refractivity contribution in [3.8, 4) is 0 Å². The molecule has 0 aromatic carbocycles. The number of carbonyl (C=O) groups is 1. The normalized spacial score (nSPS) is 22.6. The van der Waals surface area contributed by atoms with Crippen LogP contribution >= 0.6 is 23.1 Å². The van der Waals surface area contributed by atoms with Crippen LogP contribution in [0.5, 0.6) is 0 Å². The SMILES string of the molecule is C[C@H](NC(=O)C1CSCN1)c1cccs1. The van der Waals surface area contributed by atoms with Crippen LogP contribution in [-0.4, -0.2) is 23.6 Å². The van der Waals surface area contributed by atoms with Crippen molar-refractivity contribution in [2.24, 2.45) is 0 Å². The monoisotopic (exact) mass is 242 g/mol. The summed E-state index contributed by atoms with van der Waals surface area (Å²) >= 11 is 3.44. The molecule has 1 aliphatic rings. The van der Waals surface area contributed by atoms with E-state index < -0.39 is 0 Å². The predicted octanol–water partition coefficient (Wildman–Crippen LogP) is 1.59. The summed E-state index contributed by atoms with van der Waals surface area (Å²) < 4.78 is 0. The van der Waals surface area contributed by atoms with Crippen molar-refractivity contribution >= 4 is 29.0 Å². The molecule has 5 heteroatoms. The topological polar surface area (TPSA) is 41.1 Å². The van der Waals surface area contributed by atoms with Gasteiger partial charge in [-0.3, -0.25) is 10.1 Å². The maximum atomic E-state index is 11.8. The van der Waals surface area contributed by atoms with Gasteiger partial charge in [0, 0.05) is 16.5 Å². The van der Waals surface area contributed by atoms with E-state index in [2.05, 4.69) is 10.6 Å². The van der Waals surface area contributed by atoms with E-state index in [0.717, 1.165) is 11.6 Å². The molecule has 0 radical (unpaired) electrons. The lowest BCUT2D eigenvalue weighted by atomic mass is 10.2. The minimum atomic E-state index is -0.0163. The van der Waals surface area contributed by atoms with Crippen molar-refractivity contribution in [2.45, 2.75) is 19.0 Å². The van der Waals surface area contributed by atoms with Gasteiger partial charge < -0.3 is 5.32 Å². The second-order valence-corrected chi connectivity index (χ2v) is 5.53. The number of rotatable bonds is 3. The second kappa shape index (κ2) is 5.01. The highest BCUT2D eigenvalue weighted by Gasteiger charge is 2.23. The van der Waals surface area contributed by atoms with Crippen LogP contribution in [0.25, 0.3) is 0 Å². The third kappa shape index (κ3) is 2.74. The fraction of sp³-hybridized carbons (Fsp3) is 0.500. The van der Waals surface area contributed by atoms with Crippen molar-refractivity contribution < 1.29 is 4.79 Å². The summed E-state index contributed by atoms with van der Waals surface area (Å²) in [5, 5.41) is 8.21. The largest absolute Gasteiger partial charge is 0.347 e. The lowest BCUT2D eigenvalue weighted by Gasteiger charge is -2.15. The molecule has 1 fully saturated rings. The van der Waals surface area contributed by atoms with Gasteiger partial charge in [0.2, 0.25) is 5.91 Å². The Bertz CT molecular complexity index is 320. The van der Waals surface area contributed by atoms with E-state index in [1.165, 1.54) is 4.88 Å². The molecule has 1 amide bonds. The Morgan fingerprint density at radius 2 is 2.60 bits per heavy atom. The summed E-state index contributed by atoms with van der Waals surface area (Å²) in [6.07, 6.45) is 0. The second-order valence-electron chi connectivity index (χ2n) is 3.52. The van der Waals surface area contributed by atoms with E-state index in [9.17, 15) is 4.79 Å². The molecule has 0 saturated carbocycles. The molecule has 1 aromatic heterocycles. The number of amides is 1.